The van der Waals surface area contributed by atoms with Crippen molar-refractivity contribution >= 4 is 31.2 Å². The van der Waals surface area contributed by atoms with Gasteiger partial charge in [-0.25, -0.2) is 35.1 Å². The normalized spacial score (nSPS) is 11.4. The standard InChI is InChI=1S/C36H22BF14O3P/c1-11-7-13(3)34(14(4)8-11)55(35-15(5)9-12(2)10-16(35)6)36-29(50)27(48)33(28(49)30(36)51)54-37(52-31-23(44)19(40)17(38)20(41)24(31)45)53-32-25(46)21(42)18(39)22(43)26(32)47/h7-10H,1-6H3. The Labute approximate surface area is 304 Å². The van der Waals surface area contributed by atoms with Gasteiger partial charge in [-0.2, -0.15) is 26.3 Å². The van der Waals surface area contributed by atoms with Gasteiger partial charge in [-0.1, -0.05) is 35.4 Å². The van der Waals surface area contributed by atoms with Crippen LogP contribution in [0.25, 0.3) is 0 Å². The third-order valence-corrected chi connectivity index (χ3v) is 11.3. The van der Waals surface area contributed by atoms with Crippen molar-refractivity contribution in [2.24, 2.45) is 0 Å². The highest BCUT2D eigenvalue weighted by molar-refractivity contribution is 7.80. The molecule has 0 atom stereocenters. The fraction of sp³-hybridized carbons (Fsp3) is 0.167. The van der Waals surface area contributed by atoms with E-state index in [-0.39, 0.29) is 10.6 Å². The quantitative estimate of drug-likeness (QED) is 0.0488. The summed E-state index contributed by atoms with van der Waals surface area (Å²) in [6.45, 7) is 9.79. The van der Waals surface area contributed by atoms with E-state index in [0.29, 0.717) is 22.3 Å². The van der Waals surface area contributed by atoms with Gasteiger partial charge in [0.1, 0.15) is 0 Å². The highest BCUT2D eigenvalue weighted by atomic mass is 31.1. The van der Waals surface area contributed by atoms with Gasteiger partial charge in [-0.15, -0.1) is 0 Å². The molecule has 0 heterocycles. The van der Waals surface area contributed by atoms with Crippen LogP contribution in [-0.4, -0.2) is 7.32 Å². The predicted molar refractivity (Wildman–Crippen MR) is 174 cm³/mol. The smallest absolute Gasteiger partial charge is 0.484 e. The van der Waals surface area contributed by atoms with E-state index in [1.807, 2.05) is 0 Å². The van der Waals surface area contributed by atoms with Crippen LogP contribution >= 0.6 is 7.92 Å². The third-order valence-electron chi connectivity index (χ3n) is 8.12. The first-order chi connectivity index (χ1) is 25.6. The number of benzene rings is 5. The van der Waals surface area contributed by atoms with E-state index in [0.717, 1.165) is 11.1 Å². The number of aryl methyl sites for hydroxylation is 6. The molecule has 5 aromatic carbocycles. The molecular formula is C36H22BF14O3P. The Balaban J connectivity index is 1.76. The minimum atomic E-state index is -3.71. The third kappa shape index (κ3) is 7.16. The van der Waals surface area contributed by atoms with Gasteiger partial charge in [-0.05, 0) is 82.3 Å². The molecule has 19 heteroatoms. The molecule has 0 saturated carbocycles. The van der Waals surface area contributed by atoms with Crippen molar-refractivity contribution in [3.8, 4) is 17.2 Å². The monoisotopic (exact) mass is 810 g/mol. The lowest BCUT2D eigenvalue weighted by atomic mass is 10.1. The molecule has 55 heavy (non-hydrogen) atoms. The van der Waals surface area contributed by atoms with Gasteiger partial charge in [0, 0.05) is 0 Å². The summed E-state index contributed by atoms with van der Waals surface area (Å²) >= 11 is 0. The van der Waals surface area contributed by atoms with E-state index in [2.05, 4.69) is 14.0 Å². The molecule has 3 nitrogen and oxygen atoms in total. The fourth-order valence-electron chi connectivity index (χ4n) is 6.02. The first-order valence-electron chi connectivity index (χ1n) is 15.4. The van der Waals surface area contributed by atoms with Crippen molar-refractivity contribution in [2.45, 2.75) is 41.5 Å². The maximum atomic E-state index is 16.4. The maximum Gasteiger partial charge on any atom is 0.864 e. The van der Waals surface area contributed by atoms with E-state index in [9.17, 15) is 43.9 Å². The van der Waals surface area contributed by atoms with Gasteiger partial charge >= 0.3 is 7.32 Å². The summed E-state index contributed by atoms with van der Waals surface area (Å²) in [5.74, 6) is -44.3. The van der Waals surface area contributed by atoms with E-state index < -0.39 is 119 Å². The Hall–Kier alpha value is -4.99. The van der Waals surface area contributed by atoms with E-state index in [1.165, 1.54) is 0 Å². The van der Waals surface area contributed by atoms with Gasteiger partial charge in [0.2, 0.25) is 69.8 Å². The maximum absolute atomic E-state index is 16.4. The van der Waals surface area contributed by atoms with Gasteiger partial charge in [0.25, 0.3) is 0 Å². The molecule has 5 rings (SSSR count). The van der Waals surface area contributed by atoms with E-state index in [1.54, 1.807) is 65.8 Å². The topological polar surface area (TPSA) is 27.7 Å². The molecule has 0 aliphatic heterocycles. The Morgan fingerprint density at radius 3 is 0.800 bits per heavy atom. The lowest BCUT2D eigenvalue weighted by Crippen LogP contribution is -2.40. The van der Waals surface area contributed by atoms with Crippen LogP contribution in [-0.2, 0) is 0 Å². The summed E-state index contributed by atoms with van der Waals surface area (Å²) in [6.07, 6.45) is 0. The molecule has 0 aliphatic rings. The zero-order valence-corrected chi connectivity index (χ0v) is 29.7. The van der Waals surface area contributed by atoms with Crippen LogP contribution in [0.4, 0.5) is 61.5 Å². The SMILES string of the molecule is Cc1cc(C)c(P(c2c(C)cc(C)cc2C)c2c(F)c(F)c(OB(Oc3c(F)c(F)c(F)c(F)c3F)Oc3c(F)c(F)c(F)c(F)c3F)c(F)c2F)c(C)c1. The van der Waals surface area contributed by atoms with Gasteiger partial charge < -0.3 is 14.0 Å². The van der Waals surface area contributed by atoms with Crippen molar-refractivity contribution in [1.82, 2.24) is 0 Å². The van der Waals surface area contributed by atoms with Crippen LogP contribution < -0.4 is 29.9 Å². The van der Waals surface area contributed by atoms with Crippen molar-refractivity contribution in [1.29, 1.82) is 0 Å². The first kappa shape index (κ1) is 41.2. The van der Waals surface area contributed by atoms with Crippen LogP contribution in [0.1, 0.15) is 33.4 Å². The molecule has 0 fully saturated rings. The Morgan fingerprint density at radius 1 is 0.327 bits per heavy atom. The molecule has 5 aromatic rings. The van der Waals surface area contributed by atoms with Gasteiger partial charge in [0.15, 0.2) is 28.9 Å². The van der Waals surface area contributed by atoms with Gasteiger partial charge in [0.05, 0.1) is 5.30 Å². The average molecular weight is 810 g/mol. The Kier molecular flexibility index (Phi) is 11.4. The molecule has 0 radical (unpaired) electrons. The molecule has 0 N–H and O–H groups in total. The molecule has 0 aromatic heterocycles. The molecule has 0 bridgehead atoms. The Bertz CT molecular complexity index is 2150. The largest absolute Gasteiger partial charge is 0.864 e. The summed E-state index contributed by atoms with van der Waals surface area (Å²) < 4.78 is 220. The minimum absolute atomic E-state index is 0.267. The molecule has 0 unspecified atom stereocenters. The molecule has 0 saturated heterocycles. The second-order valence-electron chi connectivity index (χ2n) is 12.2. The molecule has 0 spiro atoms. The molecule has 0 aliphatic carbocycles. The lowest BCUT2D eigenvalue weighted by molar-refractivity contribution is 0.250. The highest BCUT2D eigenvalue weighted by Gasteiger charge is 2.43. The minimum Gasteiger partial charge on any atom is -0.484 e. The zero-order valence-electron chi connectivity index (χ0n) is 28.9. The fourth-order valence-corrected chi connectivity index (χ4v) is 8.95. The molecular weight excluding hydrogens is 788 g/mol. The summed E-state index contributed by atoms with van der Waals surface area (Å²) in [7, 11) is -6.27. The van der Waals surface area contributed by atoms with Crippen LogP contribution in [0.3, 0.4) is 0 Å². The van der Waals surface area contributed by atoms with Crippen LogP contribution in [0.2, 0.25) is 0 Å². The summed E-state index contributed by atoms with van der Waals surface area (Å²) in [4.78, 5) is 0. The highest BCUT2D eigenvalue weighted by Crippen LogP contribution is 2.43. The number of rotatable bonds is 9. The molecule has 0 amide bonds. The Morgan fingerprint density at radius 2 is 0.545 bits per heavy atom. The van der Waals surface area contributed by atoms with E-state index in [4.69, 9.17) is 0 Å². The van der Waals surface area contributed by atoms with Crippen molar-refractivity contribution < 1.29 is 75.4 Å². The number of hydrogen-bond acceptors (Lipinski definition) is 3. The molecule has 290 valence electrons. The zero-order chi connectivity index (χ0) is 41.1. The average Bonchev–Trinajstić information content (AvgIpc) is 3.11. The lowest BCUT2D eigenvalue weighted by Gasteiger charge is -2.28. The van der Waals surface area contributed by atoms with Crippen molar-refractivity contribution in [3.63, 3.8) is 0 Å². The van der Waals surface area contributed by atoms with Crippen molar-refractivity contribution in [2.75, 3.05) is 0 Å². The predicted octanol–water partition coefficient (Wildman–Crippen LogP) is 9.76. The second kappa shape index (κ2) is 15.3. The number of hydrogen-bond donors (Lipinski definition) is 0. The summed E-state index contributed by atoms with van der Waals surface area (Å²) in [5.41, 5.74) is 3.26. The summed E-state index contributed by atoms with van der Waals surface area (Å²) in [6, 6.07) is 6.59. The second-order valence-corrected chi connectivity index (χ2v) is 14.2. The van der Waals surface area contributed by atoms with Crippen LogP contribution in [0.5, 0.6) is 17.2 Å². The van der Waals surface area contributed by atoms with Gasteiger partial charge in [-0.3, -0.25) is 0 Å². The van der Waals surface area contributed by atoms with E-state index >= 15 is 17.6 Å². The number of halogens is 14. The van der Waals surface area contributed by atoms with Crippen LogP contribution in [0, 0.1) is 123 Å². The van der Waals surface area contributed by atoms with Crippen molar-refractivity contribution in [3.05, 3.63) is 139 Å². The van der Waals surface area contributed by atoms with Crippen LogP contribution in [0.15, 0.2) is 24.3 Å². The summed E-state index contributed by atoms with van der Waals surface area (Å²) in [5, 5.41) is -0.661. The first-order valence-corrected chi connectivity index (χ1v) is 16.8.